The van der Waals surface area contributed by atoms with Gasteiger partial charge < -0.3 is 5.32 Å². The molecule has 0 aromatic heterocycles. The summed E-state index contributed by atoms with van der Waals surface area (Å²) in [7, 11) is -5.04. The van der Waals surface area contributed by atoms with Crippen LogP contribution in [0, 0.1) is 0 Å². The van der Waals surface area contributed by atoms with E-state index in [1.807, 2.05) is 0 Å². The number of rotatable bonds is 6. The second-order valence-electron chi connectivity index (χ2n) is 4.00. The van der Waals surface area contributed by atoms with Crippen LogP contribution in [-0.4, -0.2) is 36.6 Å². The van der Waals surface area contributed by atoms with Gasteiger partial charge in [-0.3, -0.25) is 9.00 Å². The highest BCUT2D eigenvalue weighted by atomic mass is 79.9. The Bertz CT molecular complexity index is 679. The van der Waals surface area contributed by atoms with Crippen molar-refractivity contribution in [2.75, 3.05) is 18.1 Å². The summed E-state index contributed by atoms with van der Waals surface area (Å²) in [6.45, 7) is 1.98. The van der Waals surface area contributed by atoms with Gasteiger partial charge in [0, 0.05) is 33.3 Å². The van der Waals surface area contributed by atoms with Crippen molar-refractivity contribution in [3.8, 4) is 0 Å². The Morgan fingerprint density at radius 2 is 2.10 bits per heavy atom. The van der Waals surface area contributed by atoms with E-state index in [0.717, 1.165) is 0 Å². The van der Waals surface area contributed by atoms with Crippen molar-refractivity contribution in [2.45, 2.75) is 11.8 Å². The average Bonchev–Trinajstić information content (AvgIpc) is 2.39. The molecular weight excluding hydrogens is 404 g/mol. The van der Waals surface area contributed by atoms with Gasteiger partial charge in [0.05, 0.1) is 10.6 Å². The molecule has 1 atom stereocenters. The van der Waals surface area contributed by atoms with Crippen LogP contribution in [0.15, 0.2) is 21.5 Å². The van der Waals surface area contributed by atoms with Crippen LogP contribution in [0.3, 0.4) is 0 Å². The van der Waals surface area contributed by atoms with E-state index in [-0.39, 0.29) is 22.0 Å². The zero-order valence-electron chi connectivity index (χ0n) is 11.1. The number of sulfonamides is 1. The quantitative estimate of drug-likeness (QED) is 0.726. The Labute approximate surface area is 139 Å². The fraction of sp³-hybridized carbons (Fsp3) is 0.364. The molecular formula is C11H14BrClN2O4S2. The minimum absolute atomic E-state index is 0.0163. The summed E-state index contributed by atoms with van der Waals surface area (Å²) in [5, 5.41) is 7.35. The maximum Gasteiger partial charge on any atom is 0.252 e. The van der Waals surface area contributed by atoms with Gasteiger partial charge in [0.25, 0.3) is 5.91 Å². The molecule has 0 spiro atoms. The van der Waals surface area contributed by atoms with Crippen LogP contribution in [0.5, 0.6) is 0 Å². The largest absolute Gasteiger partial charge is 0.351 e. The first-order valence-corrected chi connectivity index (χ1v) is 10.0. The molecule has 6 nitrogen and oxygen atoms in total. The number of primary sulfonamides is 1. The summed E-state index contributed by atoms with van der Waals surface area (Å²) in [6, 6.07) is 2.61. The monoisotopic (exact) mass is 416 g/mol. The molecule has 3 N–H and O–H groups in total. The number of nitrogens with one attached hydrogen (secondary N) is 1. The summed E-state index contributed by atoms with van der Waals surface area (Å²) in [5.74, 6) is 0.262. The zero-order valence-corrected chi connectivity index (χ0v) is 15.0. The molecule has 118 valence electrons. The van der Waals surface area contributed by atoms with Gasteiger partial charge in [-0.2, -0.15) is 0 Å². The van der Waals surface area contributed by atoms with E-state index in [9.17, 15) is 17.4 Å². The predicted octanol–water partition coefficient (Wildman–Crippen LogP) is 1.25. The highest BCUT2D eigenvalue weighted by molar-refractivity contribution is 9.10. The standard InChI is InChI=1S/C11H14BrClN2O4S2/c1-2-20(17)4-3-15-11(16)8-5-7(12)6-9(10(8)13)21(14,18)19/h5-6H,2-4H2,1H3,(H,15,16)(H2,14,18,19). The number of hydrogen-bond donors (Lipinski definition) is 2. The summed E-state index contributed by atoms with van der Waals surface area (Å²) in [5.41, 5.74) is -0.0163. The summed E-state index contributed by atoms with van der Waals surface area (Å²) in [4.78, 5) is 11.7. The van der Waals surface area contributed by atoms with Crippen molar-refractivity contribution in [1.82, 2.24) is 5.32 Å². The Balaban J connectivity index is 3.00. The van der Waals surface area contributed by atoms with Gasteiger partial charge in [0.15, 0.2) is 0 Å². The SMILES string of the molecule is CCS(=O)CCNC(=O)c1cc(Br)cc(S(N)(=O)=O)c1Cl. The fourth-order valence-corrected chi connectivity index (χ4v) is 3.85. The molecule has 0 bridgehead atoms. The first kappa shape index (κ1) is 18.6. The Morgan fingerprint density at radius 3 is 2.62 bits per heavy atom. The first-order valence-electron chi connectivity index (χ1n) is 5.81. The maximum absolute atomic E-state index is 12.0. The second-order valence-corrected chi connectivity index (χ2v) is 8.69. The Kier molecular flexibility index (Phi) is 6.79. The summed E-state index contributed by atoms with van der Waals surface area (Å²) in [6.07, 6.45) is 0. The number of nitrogens with two attached hydrogens (primary N) is 1. The van der Waals surface area contributed by atoms with Gasteiger partial charge in [-0.15, -0.1) is 0 Å². The summed E-state index contributed by atoms with van der Waals surface area (Å²) < 4.78 is 34.5. The molecule has 0 aliphatic carbocycles. The van der Waals surface area contributed by atoms with Crippen LogP contribution < -0.4 is 10.5 Å². The van der Waals surface area contributed by atoms with Gasteiger partial charge in [-0.25, -0.2) is 13.6 Å². The van der Waals surface area contributed by atoms with Crippen LogP contribution in [-0.2, 0) is 20.8 Å². The molecule has 1 unspecified atom stereocenters. The van der Waals surface area contributed by atoms with Crippen LogP contribution in [0.25, 0.3) is 0 Å². The molecule has 0 fully saturated rings. The molecule has 0 aliphatic heterocycles. The molecule has 1 rings (SSSR count). The number of benzene rings is 1. The number of hydrogen-bond acceptors (Lipinski definition) is 4. The highest BCUT2D eigenvalue weighted by Crippen LogP contribution is 2.28. The minimum Gasteiger partial charge on any atom is -0.351 e. The molecule has 0 saturated carbocycles. The number of carbonyl (C=O) groups excluding carboxylic acids is 1. The van der Waals surface area contributed by atoms with E-state index in [1.54, 1.807) is 6.92 Å². The van der Waals surface area contributed by atoms with E-state index in [0.29, 0.717) is 16.0 Å². The van der Waals surface area contributed by atoms with E-state index >= 15 is 0 Å². The van der Waals surface area contributed by atoms with E-state index in [4.69, 9.17) is 16.7 Å². The average molecular weight is 418 g/mol. The molecule has 0 saturated heterocycles. The third kappa shape index (κ3) is 5.33. The van der Waals surface area contributed by atoms with Gasteiger partial charge >= 0.3 is 0 Å². The molecule has 1 aromatic carbocycles. The van der Waals surface area contributed by atoms with Crippen LogP contribution >= 0.6 is 27.5 Å². The van der Waals surface area contributed by atoms with Crippen molar-refractivity contribution in [1.29, 1.82) is 0 Å². The number of carbonyl (C=O) groups is 1. The molecule has 21 heavy (non-hydrogen) atoms. The third-order valence-electron chi connectivity index (χ3n) is 2.49. The van der Waals surface area contributed by atoms with Crippen molar-refractivity contribution in [3.05, 3.63) is 27.2 Å². The van der Waals surface area contributed by atoms with Crippen molar-refractivity contribution < 1.29 is 17.4 Å². The minimum atomic E-state index is -4.04. The van der Waals surface area contributed by atoms with E-state index in [2.05, 4.69) is 21.2 Å². The maximum atomic E-state index is 12.0. The van der Waals surface area contributed by atoms with Gasteiger partial charge in [0.2, 0.25) is 10.0 Å². The van der Waals surface area contributed by atoms with Crippen LogP contribution in [0.2, 0.25) is 5.02 Å². The second kappa shape index (κ2) is 7.68. The van der Waals surface area contributed by atoms with Crippen LogP contribution in [0.1, 0.15) is 17.3 Å². The normalized spacial score (nSPS) is 13.0. The van der Waals surface area contributed by atoms with Crippen molar-refractivity contribution in [3.63, 3.8) is 0 Å². The molecule has 0 heterocycles. The lowest BCUT2D eigenvalue weighted by Gasteiger charge is -2.10. The van der Waals surface area contributed by atoms with E-state index < -0.39 is 26.7 Å². The number of halogens is 2. The third-order valence-corrected chi connectivity index (χ3v) is 5.71. The molecule has 1 aromatic rings. The smallest absolute Gasteiger partial charge is 0.252 e. The number of amides is 1. The van der Waals surface area contributed by atoms with Gasteiger partial charge in [-0.05, 0) is 12.1 Å². The van der Waals surface area contributed by atoms with Gasteiger partial charge in [-0.1, -0.05) is 34.5 Å². The van der Waals surface area contributed by atoms with Crippen LogP contribution in [0.4, 0.5) is 0 Å². The van der Waals surface area contributed by atoms with E-state index in [1.165, 1.54) is 12.1 Å². The Hall–Kier alpha value is -0.480. The molecule has 1 amide bonds. The summed E-state index contributed by atoms with van der Waals surface area (Å²) >= 11 is 9.03. The lowest BCUT2D eigenvalue weighted by molar-refractivity contribution is 0.0956. The molecule has 10 heteroatoms. The Morgan fingerprint density at radius 1 is 1.48 bits per heavy atom. The molecule has 0 radical (unpaired) electrons. The topological polar surface area (TPSA) is 106 Å². The molecule has 0 aliphatic rings. The highest BCUT2D eigenvalue weighted by Gasteiger charge is 2.21. The van der Waals surface area contributed by atoms with Gasteiger partial charge in [0.1, 0.15) is 4.90 Å². The van der Waals surface area contributed by atoms with Crippen molar-refractivity contribution in [2.24, 2.45) is 5.14 Å². The predicted molar refractivity (Wildman–Crippen MR) is 86.4 cm³/mol. The lowest BCUT2D eigenvalue weighted by atomic mass is 10.2. The van der Waals surface area contributed by atoms with Crippen molar-refractivity contribution >= 4 is 54.3 Å². The lowest BCUT2D eigenvalue weighted by Crippen LogP contribution is -2.28. The first-order chi connectivity index (χ1) is 9.66. The zero-order chi connectivity index (χ0) is 16.2. The fourth-order valence-electron chi connectivity index (χ4n) is 1.45.